The van der Waals surface area contributed by atoms with Crippen molar-refractivity contribution in [2.75, 3.05) is 41.0 Å². The molecule has 80 valence electrons. The van der Waals surface area contributed by atoms with Gasteiger partial charge >= 0.3 is 0 Å². The zero-order valence-electron chi connectivity index (χ0n) is 9.00. The Morgan fingerprint density at radius 2 is 1.69 bits per heavy atom. The Morgan fingerprint density at radius 1 is 1.08 bits per heavy atom. The first-order valence-electron chi connectivity index (χ1n) is 4.49. The highest BCUT2D eigenvalue weighted by molar-refractivity contribution is 4.57. The molecule has 0 rings (SSSR count). The smallest absolute Gasteiger partial charge is 0.169 e. The molecule has 0 bridgehead atoms. The van der Waals surface area contributed by atoms with Gasteiger partial charge in [-0.3, -0.25) is 0 Å². The first-order chi connectivity index (χ1) is 6.24. The van der Waals surface area contributed by atoms with Crippen molar-refractivity contribution in [3.8, 4) is 0 Å². The van der Waals surface area contributed by atoms with Crippen molar-refractivity contribution in [2.45, 2.75) is 13.2 Å². The van der Waals surface area contributed by atoms with Crippen molar-refractivity contribution in [1.29, 1.82) is 0 Å². The molecule has 0 aliphatic heterocycles. The van der Waals surface area contributed by atoms with E-state index in [1.54, 1.807) is 21.3 Å². The van der Waals surface area contributed by atoms with E-state index in [2.05, 4.69) is 12.2 Å². The molecule has 0 aromatic heterocycles. The van der Waals surface area contributed by atoms with Crippen LogP contribution in [0.15, 0.2) is 0 Å². The van der Waals surface area contributed by atoms with Crippen LogP contribution in [0.5, 0.6) is 0 Å². The molecule has 1 unspecified atom stereocenters. The summed E-state index contributed by atoms with van der Waals surface area (Å²) in [5.74, 6) is 0.513. The Balaban J connectivity index is 3.32. The molecule has 0 amide bonds. The van der Waals surface area contributed by atoms with Crippen LogP contribution in [0.3, 0.4) is 0 Å². The Kier molecular flexibility index (Phi) is 8.33. The molecule has 0 aromatic rings. The number of nitrogens with one attached hydrogen (secondary N) is 1. The number of ether oxygens (including phenoxy) is 3. The highest BCUT2D eigenvalue weighted by atomic mass is 16.7. The zero-order chi connectivity index (χ0) is 10.1. The van der Waals surface area contributed by atoms with Crippen LogP contribution in [0.1, 0.15) is 6.92 Å². The maximum atomic E-state index is 5.03. The number of rotatable bonds is 8. The lowest BCUT2D eigenvalue weighted by molar-refractivity contribution is -0.0990. The number of hydrogen-bond donors (Lipinski definition) is 1. The van der Waals surface area contributed by atoms with Gasteiger partial charge in [-0.15, -0.1) is 0 Å². The van der Waals surface area contributed by atoms with Gasteiger partial charge in [-0.05, 0) is 5.92 Å². The molecule has 0 saturated heterocycles. The van der Waals surface area contributed by atoms with Crippen LogP contribution in [0, 0.1) is 5.92 Å². The molecule has 0 aromatic carbocycles. The van der Waals surface area contributed by atoms with Gasteiger partial charge in [-0.25, -0.2) is 0 Å². The second-order valence-electron chi connectivity index (χ2n) is 3.12. The minimum atomic E-state index is -0.158. The van der Waals surface area contributed by atoms with E-state index in [0.717, 1.165) is 13.2 Å². The fraction of sp³-hybridized carbons (Fsp3) is 1.00. The van der Waals surface area contributed by atoms with Crippen molar-refractivity contribution in [3.05, 3.63) is 0 Å². The summed E-state index contributed by atoms with van der Waals surface area (Å²) in [4.78, 5) is 0. The van der Waals surface area contributed by atoms with E-state index in [1.165, 1.54) is 0 Å². The standard InChI is InChI=1S/C9H21NO3/c1-8(7-11-2)5-10-6-9(12-3)13-4/h8-10H,5-7H2,1-4H3. The minimum Gasteiger partial charge on any atom is -0.384 e. The molecule has 0 aliphatic rings. The summed E-state index contributed by atoms with van der Waals surface area (Å²) in [6.45, 7) is 4.53. The van der Waals surface area contributed by atoms with Gasteiger partial charge in [0.25, 0.3) is 0 Å². The molecule has 0 saturated carbocycles. The van der Waals surface area contributed by atoms with Gasteiger partial charge in [0, 0.05) is 41.0 Å². The molecule has 0 fully saturated rings. The second kappa shape index (κ2) is 8.44. The second-order valence-corrected chi connectivity index (χ2v) is 3.12. The predicted octanol–water partition coefficient (Wildman–Crippen LogP) is 0.477. The lowest BCUT2D eigenvalue weighted by atomic mass is 10.2. The molecule has 1 N–H and O–H groups in total. The molecule has 4 heteroatoms. The van der Waals surface area contributed by atoms with E-state index in [0.29, 0.717) is 12.5 Å². The quantitative estimate of drug-likeness (QED) is 0.566. The highest BCUT2D eigenvalue weighted by Crippen LogP contribution is 1.93. The van der Waals surface area contributed by atoms with Gasteiger partial charge in [0.1, 0.15) is 0 Å². The van der Waals surface area contributed by atoms with Gasteiger partial charge in [0.2, 0.25) is 0 Å². The van der Waals surface area contributed by atoms with Crippen LogP contribution >= 0.6 is 0 Å². The van der Waals surface area contributed by atoms with Crippen molar-refractivity contribution in [3.63, 3.8) is 0 Å². The van der Waals surface area contributed by atoms with Crippen molar-refractivity contribution >= 4 is 0 Å². The number of methoxy groups -OCH3 is 3. The molecule has 0 radical (unpaired) electrons. The lowest BCUT2D eigenvalue weighted by Crippen LogP contribution is -2.33. The third-order valence-corrected chi connectivity index (χ3v) is 1.78. The van der Waals surface area contributed by atoms with Crippen molar-refractivity contribution in [2.24, 2.45) is 5.92 Å². The van der Waals surface area contributed by atoms with Crippen molar-refractivity contribution < 1.29 is 14.2 Å². The fourth-order valence-corrected chi connectivity index (χ4v) is 1.05. The lowest BCUT2D eigenvalue weighted by Gasteiger charge is -2.16. The Labute approximate surface area is 80.5 Å². The summed E-state index contributed by atoms with van der Waals surface area (Å²) < 4.78 is 15.1. The first-order valence-corrected chi connectivity index (χ1v) is 4.49. The average molecular weight is 191 g/mol. The zero-order valence-corrected chi connectivity index (χ0v) is 9.00. The summed E-state index contributed by atoms with van der Waals surface area (Å²) >= 11 is 0. The average Bonchev–Trinajstić information content (AvgIpc) is 2.13. The van der Waals surface area contributed by atoms with Gasteiger partial charge in [0.05, 0.1) is 0 Å². The normalized spacial score (nSPS) is 13.6. The maximum Gasteiger partial charge on any atom is 0.169 e. The van der Waals surface area contributed by atoms with Crippen LogP contribution in [0.4, 0.5) is 0 Å². The molecule has 13 heavy (non-hydrogen) atoms. The van der Waals surface area contributed by atoms with Crippen LogP contribution < -0.4 is 5.32 Å². The third-order valence-electron chi connectivity index (χ3n) is 1.78. The number of hydrogen-bond acceptors (Lipinski definition) is 4. The van der Waals surface area contributed by atoms with E-state index in [4.69, 9.17) is 14.2 Å². The Bertz CT molecular complexity index is 107. The molecular weight excluding hydrogens is 170 g/mol. The van der Waals surface area contributed by atoms with Gasteiger partial charge in [-0.2, -0.15) is 0 Å². The summed E-state index contributed by atoms with van der Waals surface area (Å²) in [5.41, 5.74) is 0. The monoisotopic (exact) mass is 191 g/mol. The van der Waals surface area contributed by atoms with E-state index < -0.39 is 0 Å². The van der Waals surface area contributed by atoms with Crippen LogP contribution in [-0.2, 0) is 14.2 Å². The third kappa shape index (κ3) is 6.95. The predicted molar refractivity (Wildman–Crippen MR) is 51.7 cm³/mol. The summed E-state index contributed by atoms with van der Waals surface area (Å²) in [5, 5.41) is 3.24. The first kappa shape index (κ1) is 12.8. The summed E-state index contributed by atoms with van der Waals surface area (Å²) in [7, 11) is 4.98. The largest absolute Gasteiger partial charge is 0.384 e. The van der Waals surface area contributed by atoms with Gasteiger partial charge < -0.3 is 19.5 Å². The molecule has 0 aliphatic carbocycles. The summed E-state index contributed by atoms with van der Waals surface area (Å²) in [6.07, 6.45) is -0.158. The van der Waals surface area contributed by atoms with Gasteiger partial charge in [-0.1, -0.05) is 6.92 Å². The van der Waals surface area contributed by atoms with Crippen LogP contribution in [0.25, 0.3) is 0 Å². The fourth-order valence-electron chi connectivity index (χ4n) is 1.05. The highest BCUT2D eigenvalue weighted by Gasteiger charge is 2.05. The van der Waals surface area contributed by atoms with Crippen LogP contribution in [-0.4, -0.2) is 47.3 Å². The van der Waals surface area contributed by atoms with Gasteiger partial charge in [0.15, 0.2) is 6.29 Å². The topological polar surface area (TPSA) is 39.7 Å². The molecule has 1 atom stereocenters. The molecule has 4 nitrogen and oxygen atoms in total. The SMILES string of the molecule is COCC(C)CNCC(OC)OC. The Morgan fingerprint density at radius 3 is 2.15 bits per heavy atom. The summed E-state index contributed by atoms with van der Waals surface area (Å²) in [6, 6.07) is 0. The minimum absolute atomic E-state index is 0.158. The van der Waals surface area contributed by atoms with E-state index >= 15 is 0 Å². The maximum absolute atomic E-state index is 5.03. The molecule has 0 heterocycles. The van der Waals surface area contributed by atoms with E-state index in [-0.39, 0.29) is 6.29 Å². The molecular formula is C9H21NO3. The van der Waals surface area contributed by atoms with Crippen LogP contribution in [0.2, 0.25) is 0 Å². The van der Waals surface area contributed by atoms with E-state index in [1.807, 2.05) is 0 Å². The van der Waals surface area contributed by atoms with Crippen molar-refractivity contribution in [1.82, 2.24) is 5.32 Å². The molecule has 0 spiro atoms. The van der Waals surface area contributed by atoms with E-state index in [9.17, 15) is 0 Å². The Hall–Kier alpha value is -0.160.